The summed E-state index contributed by atoms with van der Waals surface area (Å²) in [6, 6.07) is 5.63. The molecule has 8 heteroatoms. The fourth-order valence-corrected chi connectivity index (χ4v) is 5.39. The average molecular weight is 398 g/mol. The lowest BCUT2D eigenvalue weighted by Gasteiger charge is -2.30. The molecule has 4 N–H and O–H groups in total. The molecule has 5 rings (SSSR count). The number of piperidine rings is 1. The quantitative estimate of drug-likeness (QED) is 0.604. The predicted octanol–water partition coefficient (Wildman–Crippen LogP) is 0.0435. The summed E-state index contributed by atoms with van der Waals surface area (Å²) in [6.07, 6.45) is 2.54. The maximum absolute atomic E-state index is 13.2. The van der Waals surface area contributed by atoms with Crippen molar-refractivity contribution in [1.29, 1.82) is 0 Å². The third-order valence-electron chi connectivity index (χ3n) is 6.96. The number of nitrogens with two attached hydrogens (primary N) is 1. The van der Waals surface area contributed by atoms with E-state index in [1.165, 1.54) is 0 Å². The zero-order valence-electron chi connectivity index (χ0n) is 16.3. The number of hydrogen-bond acceptors (Lipinski definition) is 6. The maximum Gasteiger partial charge on any atom is 0.255 e. The summed E-state index contributed by atoms with van der Waals surface area (Å²) < 4.78 is 5.87. The van der Waals surface area contributed by atoms with Gasteiger partial charge in [0.25, 0.3) is 5.91 Å². The molecule has 1 aliphatic carbocycles. The van der Waals surface area contributed by atoms with Crippen LogP contribution in [0.4, 0.5) is 0 Å². The van der Waals surface area contributed by atoms with Crippen LogP contribution in [0.15, 0.2) is 18.2 Å². The highest BCUT2D eigenvalue weighted by atomic mass is 16.5. The zero-order chi connectivity index (χ0) is 20.2. The van der Waals surface area contributed by atoms with Crippen LogP contribution in [0.3, 0.4) is 0 Å². The van der Waals surface area contributed by atoms with E-state index in [4.69, 9.17) is 10.5 Å². The van der Waals surface area contributed by atoms with Crippen LogP contribution in [0, 0.1) is 5.92 Å². The van der Waals surface area contributed by atoms with Crippen molar-refractivity contribution in [3.8, 4) is 0 Å². The Morgan fingerprint density at radius 3 is 2.90 bits per heavy atom. The molecule has 1 saturated carbocycles. The molecule has 3 heterocycles. The molecule has 154 valence electrons. The SMILES string of the molecule is NC[C@@]12C[C@H](CO1)[C@@H](NCc1cccc3c1C(=O)N(C1CCC(=O)NC1=O)C3)C2. The van der Waals surface area contributed by atoms with Crippen molar-refractivity contribution in [2.75, 3.05) is 13.2 Å². The number of imide groups is 1. The number of carbonyl (C=O) groups excluding carboxylic acids is 3. The Morgan fingerprint density at radius 1 is 1.28 bits per heavy atom. The summed E-state index contributed by atoms with van der Waals surface area (Å²) in [5.41, 5.74) is 8.32. The lowest BCUT2D eigenvalue weighted by Crippen LogP contribution is -2.52. The topological polar surface area (TPSA) is 114 Å². The standard InChI is InChI=1S/C21H26N4O4/c22-11-21-6-14(10-29-21)15(7-21)23-8-12-2-1-3-13-9-25(20(28)18(12)13)16-4-5-17(26)24-19(16)27/h1-3,14-16,23H,4-11,22H2,(H,24,26,27)/t14-,15+,16?,21+/m1/s1. The van der Waals surface area contributed by atoms with Crippen molar-refractivity contribution in [3.63, 3.8) is 0 Å². The first-order valence-corrected chi connectivity index (χ1v) is 10.3. The van der Waals surface area contributed by atoms with Gasteiger partial charge in [0, 0.05) is 43.6 Å². The highest BCUT2D eigenvalue weighted by Crippen LogP contribution is 2.44. The predicted molar refractivity (Wildman–Crippen MR) is 104 cm³/mol. The van der Waals surface area contributed by atoms with Gasteiger partial charge in [-0.25, -0.2) is 0 Å². The number of fused-ring (bicyclic) bond motifs is 3. The number of carbonyl (C=O) groups is 3. The summed E-state index contributed by atoms with van der Waals surface area (Å²) in [4.78, 5) is 38.4. The number of nitrogens with zero attached hydrogens (tertiary/aromatic N) is 1. The number of amides is 3. The van der Waals surface area contributed by atoms with Crippen LogP contribution >= 0.6 is 0 Å². The van der Waals surface area contributed by atoms with Crippen LogP contribution in [-0.2, 0) is 27.4 Å². The first-order chi connectivity index (χ1) is 14.0. The Labute approximate surface area is 169 Å². The van der Waals surface area contributed by atoms with Gasteiger partial charge in [0.2, 0.25) is 11.8 Å². The molecule has 2 saturated heterocycles. The van der Waals surface area contributed by atoms with E-state index in [0.717, 1.165) is 30.6 Å². The molecule has 8 nitrogen and oxygen atoms in total. The molecule has 3 aliphatic heterocycles. The molecule has 1 unspecified atom stereocenters. The number of ether oxygens (including phenoxy) is 1. The fourth-order valence-electron chi connectivity index (χ4n) is 5.39. The summed E-state index contributed by atoms with van der Waals surface area (Å²) in [7, 11) is 0. The molecular weight excluding hydrogens is 372 g/mol. The number of benzene rings is 1. The van der Waals surface area contributed by atoms with Crippen molar-refractivity contribution in [2.24, 2.45) is 11.7 Å². The summed E-state index contributed by atoms with van der Waals surface area (Å²) in [5.74, 6) is -0.311. The molecule has 0 spiro atoms. The van der Waals surface area contributed by atoms with Crippen molar-refractivity contribution in [1.82, 2.24) is 15.5 Å². The first-order valence-electron chi connectivity index (χ1n) is 10.3. The summed E-state index contributed by atoms with van der Waals surface area (Å²) in [5, 5.41) is 5.97. The minimum atomic E-state index is -0.583. The van der Waals surface area contributed by atoms with Gasteiger partial charge in [-0.15, -0.1) is 0 Å². The molecule has 3 amide bonds. The van der Waals surface area contributed by atoms with E-state index < -0.39 is 6.04 Å². The number of nitrogens with one attached hydrogen (secondary N) is 2. The van der Waals surface area contributed by atoms with Crippen molar-refractivity contribution < 1.29 is 19.1 Å². The Morgan fingerprint density at radius 2 is 2.14 bits per heavy atom. The minimum absolute atomic E-state index is 0.124. The monoisotopic (exact) mass is 398 g/mol. The number of hydrogen-bond donors (Lipinski definition) is 3. The number of rotatable bonds is 5. The average Bonchev–Trinajstić information content (AvgIpc) is 3.39. The Bertz CT molecular complexity index is 887. The van der Waals surface area contributed by atoms with Crippen LogP contribution < -0.4 is 16.4 Å². The van der Waals surface area contributed by atoms with Crippen molar-refractivity contribution >= 4 is 17.7 Å². The van der Waals surface area contributed by atoms with E-state index in [-0.39, 0.29) is 29.7 Å². The Kier molecular flexibility index (Phi) is 4.45. The third kappa shape index (κ3) is 3.06. The summed E-state index contributed by atoms with van der Waals surface area (Å²) in [6.45, 7) is 2.29. The second-order valence-corrected chi connectivity index (χ2v) is 8.71. The van der Waals surface area contributed by atoms with E-state index in [0.29, 0.717) is 43.6 Å². The Hall–Kier alpha value is -2.29. The molecule has 0 radical (unpaired) electrons. The van der Waals surface area contributed by atoms with Crippen LogP contribution in [0.5, 0.6) is 0 Å². The van der Waals surface area contributed by atoms with Crippen LogP contribution in [-0.4, -0.2) is 53.5 Å². The minimum Gasteiger partial charge on any atom is -0.373 e. The highest BCUT2D eigenvalue weighted by Gasteiger charge is 2.51. The van der Waals surface area contributed by atoms with Crippen LogP contribution in [0.25, 0.3) is 0 Å². The molecule has 2 bridgehead atoms. The van der Waals surface area contributed by atoms with E-state index in [1.54, 1.807) is 4.90 Å². The Balaban J connectivity index is 1.30. The second kappa shape index (κ2) is 6.90. The first kappa shape index (κ1) is 18.7. The van der Waals surface area contributed by atoms with Gasteiger partial charge in [0.1, 0.15) is 6.04 Å². The molecule has 1 aromatic carbocycles. The van der Waals surface area contributed by atoms with E-state index in [2.05, 4.69) is 10.6 Å². The molecule has 4 aliphatic rings. The lowest BCUT2D eigenvalue weighted by atomic mass is 10.0. The van der Waals surface area contributed by atoms with Gasteiger partial charge in [0.05, 0.1) is 12.2 Å². The molecule has 0 aromatic heterocycles. The normalized spacial score (nSPS) is 33.3. The van der Waals surface area contributed by atoms with Crippen molar-refractivity contribution in [2.45, 2.75) is 56.5 Å². The van der Waals surface area contributed by atoms with Crippen LogP contribution in [0.1, 0.15) is 47.2 Å². The van der Waals surface area contributed by atoms with Gasteiger partial charge in [-0.1, -0.05) is 18.2 Å². The van der Waals surface area contributed by atoms with Crippen LogP contribution in [0.2, 0.25) is 0 Å². The van der Waals surface area contributed by atoms with Gasteiger partial charge in [-0.05, 0) is 30.4 Å². The van der Waals surface area contributed by atoms with E-state index in [1.807, 2.05) is 18.2 Å². The molecule has 29 heavy (non-hydrogen) atoms. The second-order valence-electron chi connectivity index (χ2n) is 8.71. The molecule has 1 aromatic rings. The van der Waals surface area contributed by atoms with Gasteiger partial charge in [0.15, 0.2) is 0 Å². The van der Waals surface area contributed by atoms with Gasteiger partial charge in [-0.3, -0.25) is 19.7 Å². The van der Waals surface area contributed by atoms with Gasteiger partial charge in [-0.2, -0.15) is 0 Å². The molecule has 4 atom stereocenters. The summed E-state index contributed by atoms with van der Waals surface area (Å²) >= 11 is 0. The fraction of sp³-hybridized carbons (Fsp3) is 0.571. The third-order valence-corrected chi connectivity index (χ3v) is 6.96. The smallest absolute Gasteiger partial charge is 0.255 e. The van der Waals surface area contributed by atoms with Gasteiger partial charge < -0.3 is 20.7 Å². The highest BCUT2D eigenvalue weighted by molar-refractivity contribution is 6.05. The molecular formula is C21H26N4O4. The van der Waals surface area contributed by atoms with E-state index in [9.17, 15) is 14.4 Å². The molecule has 3 fully saturated rings. The van der Waals surface area contributed by atoms with Crippen molar-refractivity contribution in [3.05, 3.63) is 34.9 Å². The maximum atomic E-state index is 13.2. The lowest BCUT2D eigenvalue weighted by molar-refractivity contribution is -0.136. The largest absolute Gasteiger partial charge is 0.373 e. The van der Waals surface area contributed by atoms with E-state index >= 15 is 0 Å². The van der Waals surface area contributed by atoms with Gasteiger partial charge >= 0.3 is 0 Å². The zero-order valence-corrected chi connectivity index (χ0v) is 16.3.